The summed E-state index contributed by atoms with van der Waals surface area (Å²) in [7, 11) is -6.00. The molecule has 11 rings (SSSR count). The molecule has 0 unspecified atom stereocenters. The third-order valence-corrected chi connectivity index (χ3v) is 12.3. The van der Waals surface area contributed by atoms with E-state index in [-0.39, 0.29) is 17.1 Å². The van der Waals surface area contributed by atoms with Gasteiger partial charge in [-0.15, -0.1) is 0 Å². The predicted molar refractivity (Wildman–Crippen MR) is 280 cm³/mol. The van der Waals surface area contributed by atoms with Crippen LogP contribution in [-0.2, 0) is 17.1 Å². The van der Waals surface area contributed by atoms with Crippen molar-refractivity contribution in [2.75, 3.05) is 0 Å². The molecule has 0 amide bonds. The summed E-state index contributed by atoms with van der Waals surface area (Å²) in [5, 5.41) is 4.56. The van der Waals surface area contributed by atoms with E-state index < -0.39 is 7.25 Å². The van der Waals surface area contributed by atoms with Crippen LogP contribution in [0.4, 0.5) is 17.3 Å². The number of aryl methyl sites for hydroxylation is 6. The Morgan fingerprint density at radius 1 is 0.314 bits per heavy atom. The van der Waals surface area contributed by atoms with Gasteiger partial charge in [0.1, 0.15) is 0 Å². The minimum atomic E-state index is -6.00. The quantitative estimate of drug-likeness (QED) is 0.0746. The fraction of sp³-hybridized carbons (Fsp3) is 0.100. The minimum absolute atomic E-state index is 0. The molecule has 350 valence electrons. The zero-order valence-corrected chi connectivity index (χ0v) is 40.4. The molecule has 0 saturated carbocycles. The van der Waals surface area contributed by atoms with E-state index in [0.717, 1.165) is 66.4 Å². The van der Waals surface area contributed by atoms with Gasteiger partial charge >= 0.3 is 24.3 Å². The molecule has 4 heterocycles. The number of rotatable bonds is 5. The van der Waals surface area contributed by atoms with Crippen molar-refractivity contribution in [2.45, 2.75) is 41.5 Å². The van der Waals surface area contributed by atoms with Crippen LogP contribution in [0, 0.1) is 41.5 Å². The molecular formula is C60H48BCuF4N4. The number of halogens is 4. The smallest absolute Gasteiger partial charge is 0.418 e. The number of hydrogen-bond acceptors (Lipinski definition) is 4. The Morgan fingerprint density at radius 3 is 0.986 bits per heavy atom. The van der Waals surface area contributed by atoms with E-state index in [1.165, 1.54) is 66.8 Å². The third kappa shape index (κ3) is 10.4. The molecule has 70 heavy (non-hydrogen) atoms. The molecule has 10 heteroatoms. The second kappa shape index (κ2) is 20.6. The van der Waals surface area contributed by atoms with Crippen LogP contribution in [0.2, 0.25) is 0 Å². The SMILES string of the molecule is Cc1cc(C)c(-c2cccc(-c3cccc(-c4c(C)cc(C)cc4C)n3)n2)c(C)c1.F[B-](F)(F)F.[Cu+].c1ccc(-c2c3ccccc3nc3c2ccc2c(-c4ccccc4)c4ccccc4nc23)cc1. The topological polar surface area (TPSA) is 51.6 Å². The Labute approximate surface area is 416 Å². The summed E-state index contributed by atoms with van der Waals surface area (Å²) in [5.74, 6) is 0. The Balaban J connectivity index is 0.000000171. The Morgan fingerprint density at radius 2 is 0.629 bits per heavy atom. The molecule has 7 aromatic carbocycles. The molecular weight excluding hydrogens is 927 g/mol. The number of aromatic nitrogens is 4. The summed E-state index contributed by atoms with van der Waals surface area (Å²) in [6, 6.07) is 63.8. The number of pyridine rings is 4. The van der Waals surface area contributed by atoms with Gasteiger partial charge in [-0.25, -0.2) is 19.9 Å². The van der Waals surface area contributed by atoms with Crippen LogP contribution < -0.4 is 0 Å². The van der Waals surface area contributed by atoms with Gasteiger partial charge in [-0.2, -0.15) is 0 Å². The van der Waals surface area contributed by atoms with Crippen molar-refractivity contribution < 1.29 is 34.3 Å². The van der Waals surface area contributed by atoms with E-state index in [1.807, 2.05) is 12.1 Å². The van der Waals surface area contributed by atoms with Gasteiger partial charge in [0.2, 0.25) is 0 Å². The number of fused-ring (bicyclic) bond motifs is 5. The van der Waals surface area contributed by atoms with E-state index >= 15 is 0 Å². The molecule has 0 bridgehead atoms. The normalized spacial score (nSPS) is 11.2. The monoisotopic (exact) mass is 974 g/mol. The first-order valence-corrected chi connectivity index (χ1v) is 22.8. The van der Waals surface area contributed by atoms with Crippen LogP contribution in [0.25, 0.3) is 99.8 Å². The number of nitrogens with zero attached hydrogens (tertiary/aromatic N) is 4. The van der Waals surface area contributed by atoms with E-state index in [9.17, 15) is 17.3 Å². The molecule has 0 N–H and O–H groups in total. The second-order valence-corrected chi connectivity index (χ2v) is 17.5. The van der Waals surface area contributed by atoms with Crippen LogP contribution in [0.3, 0.4) is 0 Å². The largest absolute Gasteiger partial charge is 1.00 e. The Bertz CT molecular complexity index is 3410. The first kappa shape index (κ1) is 48.9. The van der Waals surface area contributed by atoms with Crippen molar-refractivity contribution in [1.82, 2.24) is 19.9 Å². The maximum atomic E-state index is 9.75. The van der Waals surface area contributed by atoms with Gasteiger partial charge in [0.05, 0.1) is 44.8 Å². The Kier molecular flexibility index (Phi) is 14.4. The molecule has 4 nitrogen and oxygen atoms in total. The zero-order chi connectivity index (χ0) is 48.4. The maximum Gasteiger partial charge on any atom is 1.00 e. The van der Waals surface area contributed by atoms with Gasteiger partial charge < -0.3 is 17.3 Å². The van der Waals surface area contributed by atoms with E-state index in [4.69, 9.17) is 19.9 Å². The fourth-order valence-corrected chi connectivity index (χ4v) is 9.74. The van der Waals surface area contributed by atoms with E-state index in [0.29, 0.717) is 0 Å². The van der Waals surface area contributed by atoms with Gasteiger partial charge in [0, 0.05) is 43.8 Å². The van der Waals surface area contributed by atoms with Gasteiger partial charge in [-0.05, 0) is 111 Å². The molecule has 11 aromatic rings. The van der Waals surface area contributed by atoms with Gasteiger partial charge in [-0.3, -0.25) is 0 Å². The average molecular weight is 975 g/mol. The molecule has 4 aromatic heterocycles. The maximum absolute atomic E-state index is 9.75. The number of benzene rings is 7. The van der Waals surface area contributed by atoms with Crippen LogP contribution >= 0.6 is 0 Å². The molecule has 0 fully saturated rings. The minimum Gasteiger partial charge on any atom is -0.418 e. The van der Waals surface area contributed by atoms with Crippen molar-refractivity contribution in [3.05, 3.63) is 215 Å². The molecule has 0 saturated heterocycles. The molecule has 0 aliphatic carbocycles. The molecule has 0 atom stereocenters. The Hall–Kier alpha value is -7.52. The number of hydrogen-bond donors (Lipinski definition) is 0. The van der Waals surface area contributed by atoms with Crippen molar-refractivity contribution >= 4 is 50.9 Å². The average Bonchev–Trinajstić information content (AvgIpc) is 3.32. The van der Waals surface area contributed by atoms with E-state index in [2.05, 4.69) is 211 Å². The molecule has 0 spiro atoms. The van der Waals surface area contributed by atoms with Gasteiger partial charge in [0.25, 0.3) is 0 Å². The second-order valence-electron chi connectivity index (χ2n) is 17.5. The predicted octanol–water partition coefficient (Wildman–Crippen LogP) is 17.0. The van der Waals surface area contributed by atoms with Crippen LogP contribution in [-0.4, -0.2) is 27.2 Å². The van der Waals surface area contributed by atoms with Crippen molar-refractivity contribution in [1.29, 1.82) is 0 Å². The van der Waals surface area contributed by atoms with Crippen molar-refractivity contribution in [3.63, 3.8) is 0 Å². The molecule has 0 radical (unpaired) electrons. The summed E-state index contributed by atoms with van der Waals surface area (Å²) in [6.07, 6.45) is 0. The van der Waals surface area contributed by atoms with Gasteiger partial charge in [0.15, 0.2) is 0 Å². The summed E-state index contributed by atoms with van der Waals surface area (Å²) in [4.78, 5) is 20.3. The van der Waals surface area contributed by atoms with Crippen LogP contribution in [0.5, 0.6) is 0 Å². The van der Waals surface area contributed by atoms with Crippen LogP contribution in [0.15, 0.2) is 182 Å². The first-order valence-electron chi connectivity index (χ1n) is 22.8. The summed E-state index contributed by atoms with van der Waals surface area (Å²) >= 11 is 0. The summed E-state index contributed by atoms with van der Waals surface area (Å²) < 4.78 is 39.0. The zero-order valence-electron chi connectivity index (χ0n) is 39.5. The van der Waals surface area contributed by atoms with Crippen molar-refractivity contribution in [3.8, 4) is 56.2 Å². The first-order chi connectivity index (χ1) is 33.2. The third-order valence-electron chi connectivity index (χ3n) is 12.3. The van der Waals surface area contributed by atoms with E-state index in [1.54, 1.807) is 0 Å². The molecule has 0 aliphatic heterocycles. The standard InChI is InChI=1S/C32H20N2.C28H28N2.BF4.Cu/c1-3-11-21(12-4-1)29-23-15-7-9-17-27(23)33-31-25(29)19-20-26-30(22-13-5-2-6-14-22)24-16-8-10-18-28(24)34-32(26)31;1-17-13-19(3)27(20(4)14-17)25-11-7-9-23(29-25)24-10-8-12-26(30-24)28-21(5)15-18(2)16-22(28)6;2-1(3,4)5;/h1-20H;7-16H,1-6H3;;/q;;-1;+1. The van der Waals surface area contributed by atoms with Crippen LogP contribution in [0.1, 0.15) is 33.4 Å². The molecule has 0 aliphatic rings. The summed E-state index contributed by atoms with van der Waals surface area (Å²) in [5.41, 5.74) is 22.4. The van der Waals surface area contributed by atoms with Crippen molar-refractivity contribution in [2.24, 2.45) is 0 Å². The summed E-state index contributed by atoms with van der Waals surface area (Å²) in [6.45, 7) is 12.9. The number of para-hydroxylation sites is 2. The fourth-order valence-electron chi connectivity index (χ4n) is 9.74. The van der Waals surface area contributed by atoms with Gasteiger partial charge in [-0.1, -0.05) is 157 Å².